The van der Waals surface area contributed by atoms with Crippen LogP contribution in [0.2, 0.25) is 0 Å². The Morgan fingerprint density at radius 3 is 2.07 bits per heavy atom. The number of Topliss-reactive ketones (excluding diaryl/α,β-unsaturated/α-hetero) is 1. The topological polar surface area (TPSA) is 130 Å². The molecule has 0 saturated heterocycles. The van der Waals surface area contributed by atoms with E-state index in [0.717, 1.165) is 19.3 Å². The van der Waals surface area contributed by atoms with Crippen LogP contribution in [0.3, 0.4) is 0 Å². The molecule has 0 spiro atoms. The molecular weight excluding hydrogens is 560 g/mol. The number of rotatable bonds is 15. The van der Waals surface area contributed by atoms with Gasteiger partial charge in [0.15, 0.2) is 11.4 Å². The number of hydrogen-bond acceptors (Lipinski definition) is 8. The Kier molecular flexibility index (Phi) is 10.6. The highest BCUT2D eigenvalue weighted by Crippen LogP contribution is 2.77. The number of unbranched alkanes of at least 4 members (excludes halogenated alkanes) is 10. The van der Waals surface area contributed by atoms with Crippen molar-refractivity contribution in [2.75, 3.05) is 6.61 Å². The van der Waals surface area contributed by atoms with E-state index in [1.165, 1.54) is 51.9 Å². The first-order chi connectivity index (χ1) is 20.7. The van der Waals surface area contributed by atoms with Crippen LogP contribution in [0.25, 0.3) is 0 Å². The quantitative estimate of drug-likeness (QED) is 0.120. The molecule has 8 heteroatoms. The van der Waals surface area contributed by atoms with Gasteiger partial charge in [-0.25, -0.2) is 0 Å². The van der Waals surface area contributed by atoms with Gasteiger partial charge in [0, 0.05) is 48.9 Å². The van der Waals surface area contributed by atoms with Gasteiger partial charge in [-0.2, -0.15) is 0 Å². The Bertz CT molecular complexity index is 1150. The molecule has 4 aliphatic rings. The highest BCUT2D eigenvalue weighted by molar-refractivity contribution is 6.04. The second-order valence-corrected chi connectivity index (χ2v) is 14.7. The van der Waals surface area contributed by atoms with Crippen LogP contribution in [0.4, 0.5) is 0 Å². The standard InChI is InChI=1S/C36H56O8/c1-7-8-9-10-11-12-13-14-15-16-17-18-29(39)43-32-24(3)35(42)27(30-33(5,6)36(30,32)44-25(4)38)20-26(22-37)21-34(41)28(35)19-23(2)31(34)40/h19-20,24,27-28,30,32,37,41-42H,7-18,21-22H2,1-6H3/t24-,27+,28-,30-,32-,34+,35-,36-/m1/s1. The Morgan fingerprint density at radius 1 is 0.955 bits per heavy atom. The molecular formula is C36H56O8. The van der Waals surface area contributed by atoms with Gasteiger partial charge >= 0.3 is 11.9 Å². The lowest BCUT2D eigenvalue weighted by atomic mass is 9.59. The summed E-state index contributed by atoms with van der Waals surface area (Å²) in [6.07, 6.45) is 15.4. The summed E-state index contributed by atoms with van der Waals surface area (Å²) in [5.74, 6) is -4.29. The normalized spacial score (nSPS) is 36.8. The van der Waals surface area contributed by atoms with E-state index >= 15 is 0 Å². The van der Waals surface area contributed by atoms with E-state index in [0.29, 0.717) is 17.6 Å². The molecule has 4 aliphatic carbocycles. The molecule has 248 valence electrons. The average molecular weight is 617 g/mol. The molecule has 0 aromatic heterocycles. The lowest BCUT2D eigenvalue weighted by Gasteiger charge is -2.53. The van der Waals surface area contributed by atoms with Crippen molar-refractivity contribution in [2.45, 2.75) is 148 Å². The molecule has 2 saturated carbocycles. The number of ether oxygens (including phenoxy) is 2. The summed E-state index contributed by atoms with van der Waals surface area (Å²) < 4.78 is 12.3. The van der Waals surface area contributed by atoms with Gasteiger partial charge in [-0.1, -0.05) is 104 Å². The van der Waals surface area contributed by atoms with Crippen molar-refractivity contribution in [3.05, 3.63) is 23.3 Å². The van der Waals surface area contributed by atoms with E-state index in [2.05, 4.69) is 6.92 Å². The first kappa shape index (κ1) is 34.8. The van der Waals surface area contributed by atoms with Gasteiger partial charge in [-0.3, -0.25) is 14.4 Å². The number of hydrogen-bond donors (Lipinski definition) is 3. The zero-order chi connectivity index (χ0) is 32.5. The van der Waals surface area contributed by atoms with Crippen molar-refractivity contribution in [3.8, 4) is 0 Å². The highest BCUT2D eigenvalue weighted by atomic mass is 16.6. The first-order valence-electron chi connectivity index (χ1n) is 17.1. The summed E-state index contributed by atoms with van der Waals surface area (Å²) in [5.41, 5.74) is -4.71. The maximum Gasteiger partial charge on any atom is 0.306 e. The molecule has 0 amide bonds. The van der Waals surface area contributed by atoms with Gasteiger partial charge in [0.2, 0.25) is 0 Å². The van der Waals surface area contributed by atoms with E-state index in [-0.39, 0.29) is 19.4 Å². The molecule has 8 nitrogen and oxygen atoms in total. The Morgan fingerprint density at radius 2 is 1.52 bits per heavy atom. The van der Waals surface area contributed by atoms with E-state index in [1.807, 2.05) is 13.8 Å². The van der Waals surface area contributed by atoms with Crippen molar-refractivity contribution in [1.82, 2.24) is 0 Å². The molecule has 0 aromatic carbocycles. The van der Waals surface area contributed by atoms with Crippen LogP contribution in [0, 0.1) is 29.1 Å². The average Bonchev–Trinajstić information content (AvgIpc) is 3.38. The summed E-state index contributed by atoms with van der Waals surface area (Å²) in [4.78, 5) is 39.1. The van der Waals surface area contributed by atoms with Crippen LogP contribution in [-0.2, 0) is 23.9 Å². The molecule has 2 fully saturated rings. The molecule has 0 bridgehead atoms. The maximum absolute atomic E-state index is 13.3. The van der Waals surface area contributed by atoms with Crippen LogP contribution in [0.1, 0.15) is 125 Å². The molecule has 44 heavy (non-hydrogen) atoms. The second-order valence-electron chi connectivity index (χ2n) is 14.7. The van der Waals surface area contributed by atoms with Gasteiger partial charge in [0.05, 0.1) is 12.2 Å². The zero-order valence-electron chi connectivity index (χ0n) is 27.8. The van der Waals surface area contributed by atoms with Crippen LogP contribution < -0.4 is 0 Å². The summed E-state index contributed by atoms with van der Waals surface area (Å²) >= 11 is 0. The van der Waals surface area contributed by atoms with Crippen molar-refractivity contribution in [1.29, 1.82) is 0 Å². The summed E-state index contributed by atoms with van der Waals surface area (Å²) in [6.45, 7) is 10.4. The van der Waals surface area contributed by atoms with Gasteiger partial charge in [0.25, 0.3) is 0 Å². The van der Waals surface area contributed by atoms with Gasteiger partial charge in [-0.05, 0) is 24.5 Å². The molecule has 8 atom stereocenters. The first-order valence-corrected chi connectivity index (χ1v) is 17.1. The molecule has 0 radical (unpaired) electrons. The zero-order valence-corrected chi connectivity index (χ0v) is 27.8. The third-order valence-electron chi connectivity index (χ3n) is 11.5. The molecule has 0 heterocycles. The molecule has 0 aliphatic heterocycles. The third-order valence-corrected chi connectivity index (χ3v) is 11.5. The van der Waals surface area contributed by atoms with E-state index in [4.69, 9.17) is 9.47 Å². The fourth-order valence-electron chi connectivity index (χ4n) is 9.20. The molecule has 0 unspecified atom stereocenters. The van der Waals surface area contributed by atoms with Crippen molar-refractivity contribution >= 4 is 17.7 Å². The highest BCUT2D eigenvalue weighted by Gasteiger charge is 2.87. The van der Waals surface area contributed by atoms with E-state index in [9.17, 15) is 29.7 Å². The predicted octanol–water partition coefficient (Wildman–Crippen LogP) is 5.75. The second kappa shape index (κ2) is 13.4. The van der Waals surface area contributed by atoms with Gasteiger partial charge < -0.3 is 24.8 Å². The SMILES string of the molecule is CCCCCCCCCCCCCC(=O)O[C@@H]1[C@@H](C)[C@@]2(O)[C@@H](C=C(CO)C[C@@]3(O)C(=O)C(C)=C[C@@H]23)[C@@H]2C(C)(C)[C@]12OC(C)=O. The number of carbonyl (C=O) groups excluding carboxylic acids is 3. The molecule has 0 aromatic rings. The smallest absolute Gasteiger partial charge is 0.306 e. The van der Waals surface area contributed by atoms with Crippen molar-refractivity contribution in [3.63, 3.8) is 0 Å². The van der Waals surface area contributed by atoms with Crippen LogP contribution in [-0.4, -0.2) is 62.6 Å². The minimum Gasteiger partial charge on any atom is -0.458 e. The Labute approximate surface area is 263 Å². The Hall–Kier alpha value is -2.03. The summed E-state index contributed by atoms with van der Waals surface area (Å²) in [7, 11) is 0. The monoisotopic (exact) mass is 616 g/mol. The van der Waals surface area contributed by atoms with Gasteiger partial charge in [0.1, 0.15) is 11.7 Å². The number of aliphatic hydroxyl groups is 3. The predicted molar refractivity (Wildman–Crippen MR) is 167 cm³/mol. The number of carbonyl (C=O) groups is 3. The van der Waals surface area contributed by atoms with E-state index < -0.39 is 69.7 Å². The lowest BCUT2D eigenvalue weighted by Crippen LogP contribution is -2.66. The fraction of sp³-hybridized carbons (Fsp3) is 0.806. The van der Waals surface area contributed by atoms with Gasteiger partial charge in [-0.15, -0.1) is 0 Å². The van der Waals surface area contributed by atoms with Crippen molar-refractivity contribution in [2.24, 2.45) is 29.1 Å². The Balaban J connectivity index is 1.51. The minimum atomic E-state index is -1.93. The number of aliphatic hydroxyl groups excluding tert-OH is 1. The summed E-state index contributed by atoms with van der Waals surface area (Å²) in [6, 6.07) is 0. The molecule has 4 rings (SSSR count). The number of fused-ring (bicyclic) bond motifs is 5. The number of esters is 2. The lowest BCUT2D eigenvalue weighted by molar-refractivity contribution is -0.228. The summed E-state index contributed by atoms with van der Waals surface area (Å²) in [5, 5.41) is 34.8. The molecule has 3 N–H and O–H groups in total. The van der Waals surface area contributed by atoms with Crippen molar-refractivity contribution < 1.29 is 39.2 Å². The number of ketones is 1. The minimum absolute atomic E-state index is 0.108. The van der Waals surface area contributed by atoms with E-state index in [1.54, 1.807) is 26.0 Å². The third kappa shape index (κ3) is 5.84. The fourth-order valence-corrected chi connectivity index (χ4v) is 9.20. The van der Waals surface area contributed by atoms with Crippen LogP contribution in [0.5, 0.6) is 0 Å². The van der Waals surface area contributed by atoms with Crippen LogP contribution in [0.15, 0.2) is 23.3 Å². The largest absolute Gasteiger partial charge is 0.458 e. The van der Waals surface area contributed by atoms with Crippen LogP contribution >= 0.6 is 0 Å². The maximum atomic E-state index is 13.3.